The predicted octanol–water partition coefficient (Wildman–Crippen LogP) is 9.91. The zero-order valence-electron chi connectivity index (χ0n) is 21.4. The summed E-state index contributed by atoms with van der Waals surface area (Å²) in [5.41, 5.74) is 5.23. The van der Waals surface area contributed by atoms with E-state index in [4.69, 9.17) is 9.97 Å². The Labute approximate surface area is 233 Å². The molecule has 0 unspecified atom stereocenters. The van der Waals surface area contributed by atoms with Crippen molar-refractivity contribution in [2.75, 3.05) is 0 Å². The number of fused-ring (bicyclic) bond motifs is 10. The third-order valence-corrected chi connectivity index (χ3v) is 9.20. The van der Waals surface area contributed by atoms with Crippen molar-refractivity contribution < 1.29 is 0 Å². The van der Waals surface area contributed by atoms with Crippen LogP contribution in [0.4, 0.5) is 0 Å². The van der Waals surface area contributed by atoms with Crippen LogP contribution in [-0.4, -0.2) is 14.5 Å². The number of rotatable bonds is 2. The molecule has 6 aromatic carbocycles. The quantitative estimate of drug-likeness (QED) is 0.224. The van der Waals surface area contributed by atoms with Crippen LogP contribution in [-0.2, 0) is 0 Å². The molecule has 0 spiro atoms. The molecule has 0 atom stereocenters. The SMILES string of the molecule is c1ccc(-c2nc(-n3c4ccccc4c4ccc5ccc6c7ccccc7sc6c5c43)nc3ccccc23)cc1. The van der Waals surface area contributed by atoms with Gasteiger partial charge in [0.15, 0.2) is 0 Å². The summed E-state index contributed by atoms with van der Waals surface area (Å²) in [5.74, 6) is 0.689. The first-order chi connectivity index (χ1) is 19.8. The van der Waals surface area contributed by atoms with Gasteiger partial charge in [0.05, 0.1) is 22.2 Å². The fourth-order valence-electron chi connectivity index (χ4n) is 6.23. The van der Waals surface area contributed by atoms with Crippen molar-refractivity contribution in [3.05, 3.63) is 127 Å². The fraction of sp³-hybridized carbons (Fsp3) is 0. The summed E-state index contributed by atoms with van der Waals surface area (Å²) in [5, 5.41) is 8.54. The minimum atomic E-state index is 0.689. The molecule has 0 aliphatic heterocycles. The van der Waals surface area contributed by atoms with Crippen molar-refractivity contribution in [1.29, 1.82) is 0 Å². The van der Waals surface area contributed by atoms with Gasteiger partial charge in [0, 0.05) is 47.3 Å². The Bertz CT molecular complexity index is 2430. The molecule has 3 aromatic heterocycles. The van der Waals surface area contributed by atoms with Gasteiger partial charge < -0.3 is 0 Å². The molecule has 0 N–H and O–H groups in total. The van der Waals surface area contributed by atoms with Gasteiger partial charge in [-0.25, -0.2) is 9.97 Å². The molecule has 9 aromatic rings. The molecule has 9 rings (SSSR count). The van der Waals surface area contributed by atoms with Crippen molar-refractivity contribution in [2.45, 2.75) is 0 Å². The average Bonchev–Trinajstić information content (AvgIpc) is 3.57. The molecule has 40 heavy (non-hydrogen) atoms. The number of para-hydroxylation sites is 2. The van der Waals surface area contributed by atoms with Crippen LogP contribution < -0.4 is 0 Å². The highest BCUT2D eigenvalue weighted by Gasteiger charge is 2.20. The first kappa shape index (κ1) is 21.8. The van der Waals surface area contributed by atoms with E-state index < -0.39 is 0 Å². The molecule has 186 valence electrons. The van der Waals surface area contributed by atoms with Crippen LogP contribution in [0.5, 0.6) is 0 Å². The van der Waals surface area contributed by atoms with Crippen LogP contribution in [0.25, 0.3) is 80.9 Å². The van der Waals surface area contributed by atoms with Crippen LogP contribution in [0.3, 0.4) is 0 Å². The van der Waals surface area contributed by atoms with Gasteiger partial charge in [0.25, 0.3) is 0 Å². The maximum absolute atomic E-state index is 5.30. The maximum atomic E-state index is 5.30. The number of nitrogens with zero attached hydrogens (tertiary/aromatic N) is 3. The van der Waals surface area contributed by atoms with E-state index in [2.05, 4.69) is 126 Å². The molecule has 0 saturated carbocycles. The van der Waals surface area contributed by atoms with Crippen LogP contribution in [0, 0.1) is 0 Å². The van der Waals surface area contributed by atoms with E-state index in [1.807, 2.05) is 17.4 Å². The zero-order chi connectivity index (χ0) is 26.2. The largest absolute Gasteiger partial charge is 0.277 e. The van der Waals surface area contributed by atoms with Gasteiger partial charge in [-0.3, -0.25) is 4.57 Å². The second-order valence-corrected chi connectivity index (χ2v) is 11.3. The summed E-state index contributed by atoms with van der Waals surface area (Å²) < 4.78 is 4.89. The topological polar surface area (TPSA) is 30.7 Å². The number of thiophene rings is 1. The molecule has 0 saturated heterocycles. The predicted molar refractivity (Wildman–Crippen MR) is 170 cm³/mol. The second-order valence-electron chi connectivity index (χ2n) is 10.2. The van der Waals surface area contributed by atoms with Gasteiger partial charge in [-0.2, -0.15) is 0 Å². The van der Waals surface area contributed by atoms with E-state index >= 15 is 0 Å². The average molecular weight is 528 g/mol. The number of hydrogen-bond acceptors (Lipinski definition) is 3. The van der Waals surface area contributed by atoms with Crippen LogP contribution >= 0.6 is 11.3 Å². The lowest BCUT2D eigenvalue weighted by Gasteiger charge is -2.13. The van der Waals surface area contributed by atoms with E-state index in [-0.39, 0.29) is 0 Å². The summed E-state index contributed by atoms with van der Waals surface area (Å²) in [7, 11) is 0. The fourth-order valence-corrected chi connectivity index (χ4v) is 7.49. The maximum Gasteiger partial charge on any atom is 0.235 e. The lowest BCUT2D eigenvalue weighted by molar-refractivity contribution is 1.02. The molecule has 3 nitrogen and oxygen atoms in total. The molecule has 0 bridgehead atoms. The smallest absolute Gasteiger partial charge is 0.235 e. The van der Waals surface area contributed by atoms with Gasteiger partial charge in [0.1, 0.15) is 0 Å². The molecule has 0 fully saturated rings. The zero-order valence-corrected chi connectivity index (χ0v) is 22.2. The molecule has 0 radical (unpaired) electrons. The second kappa shape index (κ2) is 8.22. The first-order valence-corrected chi connectivity index (χ1v) is 14.3. The summed E-state index contributed by atoms with van der Waals surface area (Å²) in [6.07, 6.45) is 0. The highest BCUT2D eigenvalue weighted by Crippen LogP contribution is 2.44. The van der Waals surface area contributed by atoms with E-state index in [1.54, 1.807) is 0 Å². The third-order valence-electron chi connectivity index (χ3n) is 8.00. The normalized spacial score (nSPS) is 12.0. The first-order valence-electron chi connectivity index (χ1n) is 13.4. The Morgan fingerprint density at radius 1 is 0.525 bits per heavy atom. The van der Waals surface area contributed by atoms with E-state index in [1.165, 1.54) is 41.7 Å². The monoisotopic (exact) mass is 527 g/mol. The van der Waals surface area contributed by atoms with Gasteiger partial charge in [-0.1, -0.05) is 109 Å². The van der Waals surface area contributed by atoms with Gasteiger partial charge in [-0.05, 0) is 23.6 Å². The Hall–Kier alpha value is -5.06. The van der Waals surface area contributed by atoms with Gasteiger partial charge in [-0.15, -0.1) is 11.3 Å². The summed E-state index contributed by atoms with van der Waals surface area (Å²) >= 11 is 1.87. The molecular weight excluding hydrogens is 506 g/mol. The lowest BCUT2D eigenvalue weighted by Crippen LogP contribution is -2.03. The van der Waals surface area contributed by atoms with E-state index in [9.17, 15) is 0 Å². The molecule has 4 heteroatoms. The van der Waals surface area contributed by atoms with Crippen molar-refractivity contribution in [2.24, 2.45) is 0 Å². The molecular formula is C36H21N3S. The standard InChI is InChI=1S/C36H21N3S/c1-2-10-23(11-3-1)33-28-14-4-7-15-29(28)37-36(38-33)39-30-16-8-5-12-24(30)26-20-18-22-19-21-27-25-13-6-9-17-31(25)40-35(27)32(22)34(26)39/h1-21H. The van der Waals surface area contributed by atoms with Crippen molar-refractivity contribution >= 4 is 75.0 Å². The molecule has 0 amide bonds. The minimum absolute atomic E-state index is 0.689. The Morgan fingerprint density at radius 2 is 1.23 bits per heavy atom. The minimum Gasteiger partial charge on any atom is -0.277 e. The number of aromatic nitrogens is 3. The Balaban J connectivity index is 1.50. The van der Waals surface area contributed by atoms with Crippen molar-refractivity contribution in [1.82, 2.24) is 14.5 Å². The summed E-state index contributed by atoms with van der Waals surface area (Å²) in [6.45, 7) is 0. The molecule has 0 aliphatic carbocycles. The molecule has 3 heterocycles. The Morgan fingerprint density at radius 3 is 2.10 bits per heavy atom. The van der Waals surface area contributed by atoms with E-state index in [0.717, 1.165) is 33.2 Å². The number of benzene rings is 6. The highest BCUT2D eigenvalue weighted by atomic mass is 32.1. The van der Waals surface area contributed by atoms with Crippen LogP contribution in [0.2, 0.25) is 0 Å². The summed E-state index contributed by atoms with van der Waals surface area (Å²) in [4.78, 5) is 10.5. The van der Waals surface area contributed by atoms with Crippen molar-refractivity contribution in [3.8, 4) is 17.2 Å². The Kier molecular flexibility index (Phi) is 4.48. The summed E-state index contributed by atoms with van der Waals surface area (Å²) in [6, 6.07) is 45.1. The third kappa shape index (κ3) is 2.99. The molecule has 0 aliphatic rings. The van der Waals surface area contributed by atoms with Gasteiger partial charge in [0.2, 0.25) is 5.95 Å². The number of hydrogen-bond donors (Lipinski definition) is 0. The van der Waals surface area contributed by atoms with Gasteiger partial charge >= 0.3 is 0 Å². The van der Waals surface area contributed by atoms with E-state index in [0.29, 0.717) is 5.95 Å². The van der Waals surface area contributed by atoms with Crippen molar-refractivity contribution in [3.63, 3.8) is 0 Å². The van der Waals surface area contributed by atoms with Crippen LogP contribution in [0.15, 0.2) is 127 Å². The van der Waals surface area contributed by atoms with Crippen LogP contribution in [0.1, 0.15) is 0 Å². The highest BCUT2D eigenvalue weighted by molar-refractivity contribution is 7.26. The lowest BCUT2D eigenvalue weighted by atomic mass is 10.0.